The number of hydrogen-bond donors (Lipinski definition) is 2. The number of nitriles is 1. The molecule has 3 rings (SSSR count). The van der Waals surface area contributed by atoms with Crippen LogP contribution in [0.4, 0.5) is 0 Å². The van der Waals surface area contributed by atoms with Crippen LogP contribution in [-0.4, -0.2) is 15.8 Å². The first-order valence-corrected chi connectivity index (χ1v) is 7.71. The van der Waals surface area contributed by atoms with Crippen molar-refractivity contribution in [3.63, 3.8) is 0 Å². The monoisotopic (exact) mass is 324 g/mol. The zero-order chi connectivity index (χ0) is 17.5. The first kappa shape index (κ1) is 15.9. The number of rotatable bonds is 2. The van der Waals surface area contributed by atoms with E-state index in [1.165, 1.54) is 0 Å². The van der Waals surface area contributed by atoms with Crippen LogP contribution in [0.25, 0.3) is 0 Å². The van der Waals surface area contributed by atoms with Crippen molar-refractivity contribution in [2.45, 2.75) is 39.2 Å². The first-order valence-electron chi connectivity index (χ1n) is 7.71. The normalized spacial score (nSPS) is 17.0. The number of ether oxygens (including phenoxy) is 2. The molecule has 1 aliphatic heterocycles. The van der Waals surface area contributed by atoms with E-state index in [4.69, 9.17) is 15.2 Å². The van der Waals surface area contributed by atoms with Crippen LogP contribution in [0, 0.1) is 18.3 Å². The van der Waals surface area contributed by atoms with Gasteiger partial charge in [0.25, 0.3) is 0 Å². The number of hydrogen-bond acceptors (Lipinski definition) is 5. The summed E-state index contributed by atoms with van der Waals surface area (Å²) >= 11 is 0. The van der Waals surface area contributed by atoms with Gasteiger partial charge < -0.3 is 15.2 Å². The zero-order valence-corrected chi connectivity index (χ0v) is 14.2. The second-order valence-electron chi connectivity index (χ2n) is 6.78. The minimum Gasteiger partial charge on any atom is -0.488 e. The van der Waals surface area contributed by atoms with E-state index in [-0.39, 0.29) is 17.4 Å². The van der Waals surface area contributed by atoms with Gasteiger partial charge in [-0.1, -0.05) is 12.1 Å². The van der Waals surface area contributed by atoms with Gasteiger partial charge in [-0.05, 0) is 45.4 Å². The van der Waals surface area contributed by atoms with Gasteiger partial charge in [0.2, 0.25) is 11.8 Å². The molecule has 6 nitrogen and oxygen atoms in total. The second-order valence-corrected chi connectivity index (χ2v) is 6.78. The lowest BCUT2D eigenvalue weighted by molar-refractivity contribution is 0.131. The van der Waals surface area contributed by atoms with Gasteiger partial charge in [0.15, 0.2) is 0 Å². The van der Waals surface area contributed by atoms with Crippen LogP contribution in [0.2, 0.25) is 0 Å². The molecular formula is C18H20N4O2. The van der Waals surface area contributed by atoms with E-state index in [1.54, 1.807) is 0 Å². The van der Waals surface area contributed by atoms with Crippen molar-refractivity contribution in [1.82, 2.24) is 10.2 Å². The molecule has 0 fully saturated rings. The highest BCUT2D eigenvalue weighted by Gasteiger charge is 2.34. The summed E-state index contributed by atoms with van der Waals surface area (Å²) < 4.78 is 11.3. The Labute approximate surface area is 140 Å². The number of aromatic amines is 1. The summed E-state index contributed by atoms with van der Waals surface area (Å²) in [6, 6.07) is 9.85. The smallest absolute Gasteiger partial charge is 0.244 e. The van der Waals surface area contributed by atoms with Crippen molar-refractivity contribution in [1.29, 1.82) is 5.26 Å². The maximum atomic E-state index is 9.53. The van der Waals surface area contributed by atoms with E-state index in [0.29, 0.717) is 11.5 Å². The third kappa shape index (κ3) is 2.81. The third-order valence-corrected chi connectivity index (χ3v) is 3.77. The van der Waals surface area contributed by atoms with Crippen LogP contribution in [0.1, 0.15) is 43.5 Å². The van der Waals surface area contributed by atoms with Crippen LogP contribution < -0.4 is 15.2 Å². The summed E-state index contributed by atoms with van der Waals surface area (Å²) in [4.78, 5) is 0. The number of aromatic nitrogens is 2. The topological polar surface area (TPSA) is 97.0 Å². The molecule has 1 aromatic carbocycles. The van der Waals surface area contributed by atoms with Crippen LogP contribution in [-0.2, 0) is 0 Å². The Morgan fingerprint density at radius 2 is 1.96 bits per heavy atom. The number of benzene rings is 1. The Morgan fingerprint density at radius 3 is 2.54 bits per heavy atom. The Morgan fingerprint density at radius 1 is 1.29 bits per heavy atom. The lowest BCUT2D eigenvalue weighted by Crippen LogP contribution is -2.23. The van der Waals surface area contributed by atoms with Crippen molar-refractivity contribution in [3.05, 3.63) is 52.5 Å². The Hall–Kier alpha value is -2.94. The van der Waals surface area contributed by atoms with Crippen molar-refractivity contribution in [2.24, 2.45) is 5.73 Å². The molecule has 24 heavy (non-hydrogen) atoms. The number of fused-ring (bicyclic) bond motifs is 1. The Balaban J connectivity index is 2.04. The maximum absolute atomic E-state index is 9.53. The van der Waals surface area contributed by atoms with Crippen LogP contribution in [0.15, 0.2) is 35.7 Å². The van der Waals surface area contributed by atoms with Crippen molar-refractivity contribution < 1.29 is 9.47 Å². The average Bonchev–Trinajstić information content (AvgIpc) is 2.86. The molecule has 0 saturated carbocycles. The summed E-state index contributed by atoms with van der Waals surface area (Å²) in [6.45, 7) is 7.89. The van der Waals surface area contributed by atoms with Gasteiger partial charge in [0.05, 0.1) is 5.92 Å². The Bertz CT molecular complexity index is 835. The zero-order valence-electron chi connectivity index (χ0n) is 14.2. The molecule has 0 saturated heterocycles. The molecule has 1 atom stereocenters. The van der Waals surface area contributed by atoms with E-state index in [2.05, 4.69) is 16.3 Å². The quantitative estimate of drug-likeness (QED) is 0.884. The minimum atomic E-state index is -0.304. The van der Waals surface area contributed by atoms with Gasteiger partial charge in [-0.3, -0.25) is 5.10 Å². The van der Waals surface area contributed by atoms with Crippen molar-refractivity contribution in [3.8, 4) is 17.7 Å². The number of aryl methyl sites for hydroxylation is 1. The molecule has 2 heterocycles. The van der Waals surface area contributed by atoms with Gasteiger partial charge in [0.1, 0.15) is 23.0 Å². The van der Waals surface area contributed by atoms with Crippen molar-refractivity contribution in [2.75, 3.05) is 0 Å². The highest BCUT2D eigenvalue weighted by molar-refractivity contribution is 5.55. The number of allylic oxidation sites excluding steroid dienone is 1. The van der Waals surface area contributed by atoms with Gasteiger partial charge in [-0.25, -0.2) is 0 Å². The van der Waals surface area contributed by atoms with Crippen molar-refractivity contribution >= 4 is 0 Å². The maximum Gasteiger partial charge on any atom is 0.244 e. The molecule has 124 valence electrons. The lowest BCUT2D eigenvalue weighted by Gasteiger charge is -2.24. The molecule has 0 bridgehead atoms. The average molecular weight is 324 g/mol. The fraction of sp³-hybridized carbons (Fsp3) is 0.333. The molecule has 0 spiro atoms. The number of nitrogens with one attached hydrogen (secondary N) is 1. The van der Waals surface area contributed by atoms with E-state index in [1.807, 2.05) is 52.0 Å². The molecule has 6 heteroatoms. The van der Waals surface area contributed by atoms with E-state index < -0.39 is 0 Å². The predicted octanol–water partition coefficient (Wildman–Crippen LogP) is 3.11. The molecule has 0 unspecified atom stereocenters. The van der Waals surface area contributed by atoms with E-state index >= 15 is 0 Å². The van der Waals surface area contributed by atoms with Gasteiger partial charge >= 0.3 is 0 Å². The molecule has 1 aromatic heterocycles. The minimum absolute atomic E-state index is 0.0940. The second kappa shape index (κ2) is 5.60. The third-order valence-electron chi connectivity index (χ3n) is 3.77. The van der Waals surface area contributed by atoms with Gasteiger partial charge in [0, 0.05) is 11.3 Å². The van der Waals surface area contributed by atoms with E-state index in [0.717, 1.165) is 22.6 Å². The molecule has 0 amide bonds. The highest BCUT2D eigenvalue weighted by Crippen LogP contribution is 2.42. The van der Waals surface area contributed by atoms with Gasteiger partial charge in [-0.15, -0.1) is 5.10 Å². The summed E-state index contributed by atoms with van der Waals surface area (Å²) in [6.07, 6.45) is 0. The van der Waals surface area contributed by atoms with Crippen LogP contribution in [0.5, 0.6) is 11.6 Å². The summed E-state index contributed by atoms with van der Waals surface area (Å²) in [5.41, 5.74) is 8.65. The molecule has 1 aliphatic rings. The van der Waals surface area contributed by atoms with E-state index in [9.17, 15) is 5.26 Å². The molecule has 0 radical (unpaired) electrons. The number of H-pyrrole nitrogens is 1. The fourth-order valence-electron chi connectivity index (χ4n) is 2.81. The summed E-state index contributed by atoms with van der Waals surface area (Å²) in [5, 5.41) is 16.5. The highest BCUT2D eigenvalue weighted by atomic mass is 16.5. The van der Waals surface area contributed by atoms with Gasteiger partial charge in [-0.2, -0.15) is 5.26 Å². The lowest BCUT2D eigenvalue weighted by atomic mass is 9.84. The number of nitrogens with two attached hydrogens (primary N) is 1. The SMILES string of the molecule is Cc1[nH]nc2c1[C@H](c1ccc(OC(C)(C)C)cc1)C(C#N)=C(N)O2. The van der Waals surface area contributed by atoms with Crippen LogP contribution in [0.3, 0.4) is 0 Å². The number of nitrogens with zero attached hydrogens (tertiary/aromatic N) is 2. The largest absolute Gasteiger partial charge is 0.488 e. The fourth-order valence-corrected chi connectivity index (χ4v) is 2.81. The standard InChI is InChI=1S/C18H20N4O2/c1-10-14-15(13(9-19)16(20)23-17(14)22-21-10)11-5-7-12(8-6-11)24-18(2,3)4/h5-8,15H,20H2,1-4H3,(H,21,22)/t15-/m1/s1. The molecule has 0 aliphatic carbocycles. The molecular weight excluding hydrogens is 304 g/mol. The first-order chi connectivity index (χ1) is 11.3. The van der Waals surface area contributed by atoms with Crippen LogP contribution >= 0.6 is 0 Å². The Kier molecular flexibility index (Phi) is 3.72. The molecule has 3 N–H and O–H groups in total. The summed E-state index contributed by atoms with van der Waals surface area (Å²) in [5.74, 6) is 0.986. The molecule has 2 aromatic rings. The predicted molar refractivity (Wildman–Crippen MR) is 89.4 cm³/mol. The summed E-state index contributed by atoms with van der Waals surface area (Å²) in [7, 11) is 0.